The molecular formula is C23H18N2O. The number of hydrogen-bond donors (Lipinski definition) is 0. The third-order valence-electron chi connectivity index (χ3n) is 4.66. The normalized spacial score (nSPS) is 13.2. The lowest BCUT2D eigenvalue weighted by molar-refractivity contribution is 0.484. The van der Waals surface area contributed by atoms with Crippen LogP contribution in [-0.4, -0.2) is 4.98 Å². The summed E-state index contributed by atoms with van der Waals surface area (Å²) in [6.07, 6.45) is 0.575. The van der Waals surface area contributed by atoms with Gasteiger partial charge in [-0.25, -0.2) is 4.98 Å². The Morgan fingerprint density at radius 2 is 1.42 bits per heavy atom. The predicted octanol–water partition coefficient (Wildman–Crippen LogP) is 5.46. The fraction of sp³-hybridized carbons (Fsp3) is 0.130. The summed E-state index contributed by atoms with van der Waals surface area (Å²) in [5, 5.41) is 9.93. The van der Waals surface area contributed by atoms with E-state index in [1.165, 1.54) is 0 Å². The Morgan fingerprint density at radius 1 is 0.808 bits per heavy atom. The van der Waals surface area contributed by atoms with Crippen LogP contribution in [0.15, 0.2) is 89.3 Å². The molecule has 0 saturated heterocycles. The highest BCUT2D eigenvalue weighted by Gasteiger charge is 2.27. The van der Waals surface area contributed by atoms with Crippen LogP contribution >= 0.6 is 0 Å². The number of rotatable bonds is 5. The van der Waals surface area contributed by atoms with Crippen molar-refractivity contribution in [3.05, 3.63) is 102 Å². The van der Waals surface area contributed by atoms with Gasteiger partial charge in [-0.2, -0.15) is 5.26 Å². The van der Waals surface area contributed by atoms with E-state index in [0.29, 0.717) is 12.3 Å². The van der Waals surface area contributed by atoms with Crippen molar-refractivity contribution >= 4 is 11.1 Å². The summed E-state index contributed by atoms with van der Waals surface area (Å²) in [5.74, 6) is 0.363. The van der Waals surface area contributed by atoms with Gasteiger partial charge in [-0.05, 0) is 23.3 Å². The van der Waals surface area contributed by atoms with E-state index in [0.717, 1.165) is 22.2 Å². The van der Waals surface area contributed by atoms with E-state index in [4.69, 9.17) is 4.42 Å². The molecule has 0 spiro atoms. The third-order valence-corrected chi connectivity index (χ3v) is 4.66. The second-order valence-corrected chi connectivity index (χ2v) is 6.31. The van der Waals surface area contributed by atoms with Gasteiger partial charge in [-0.1, -0.05) is 72.8 Å². The molecule has 2 unspecified atom stereocenters. The van der Waals surface area contributed by atoms with Crippen LogP contribution < -0.4 is 0 Å². The predicted molar refractivity (Wildman–Crippen MR) is 102 cm³/mol. The van der Waals surface area contributed by atoms with Crippen molar-refractivity contribution in [1.82, 2.24) is 4.98 Å². The van der Waals surface area contributed by atoms with E-state index < -0.39 is 0 Å². The van der Waals surface area contributed by atoms with Gasteiger partial charge in [0.1, 0.15) is 5.52 Å². The van der Waals surface area contributed by atoms with Crippen LogP contribution in [0.25, 0.3) is 11.1 Å². The Balaban J connectivity index is 1.74. The number of fused-ring (bicyclic) bond motifs is 1. The number of para-hydroxylation sites is 2. The number of aromatic nitrogens is 1. The Hall–Kier alpha value is -3.38. The molecule has 1 aromatic heterocycles. The highest BCUT2D eigenvalue weighted by Crippen LogP contribution is 2.35. The number of oxazole rings is 1. The molecule has 3 aromatic carbocycles. The molecule has 4 rings (SSSR count). The second kappa shape index (κ2) is 7.25. The number of nitrogens with zero attached hydrogens (tertiary/aromatic N) is 2. The summed E-state index contributed by atoms with van der Waals surface area (Å²) < 4.78 is 5.93. The minimum absolute atomic E-state index is 0.0309. The highest BCUT2D eigenvalue weighted by atomic mass is 16.3. The third kappa shape index (κ3) is 3.22. The Labute approximate surface area is 152 Å². The molecule has 4 aromatic rings. The van der Waals surface area contributed by atoms with E-state index in [1.54, 1.807) is 0 Å². The molecule has 3 nitrogen and oxygen atoms in total. The van der Waals surface area contributed by atoms with Gasteiger partial charge in [-0.3, -0.25) is 0 Å². The molecule has 26 heavy (non-hydrogen) atoms. The summed E-state index contributed by atoms with van der Waals surface area (Å²) in [5.41, 5.74) is 3.76. The molecule has 0 saturated carbocycles. The van der Waals surface area contributed by atoms with Crippen LogP contribution in [0.5, 0.6) is 0 Å². The van der Waals surface area contributed by atoms with Gasteiger partial charge < -0.3 is 4.42 Å². The zero-order valence-electron chi connectivity index (χ0n) is 14.2. The largest absolute Gasteiger partial charge is 0.441 e. The molecule has 0 fully saturated rings. The molecule has 0 aliphatic heterocycles. The van der Waals surface area contributed by atoms with Crippen LogP contribution in [-0.2, 0) is 6.42 Å². The lowest BCUT2D eigenvalue weighted by Crippen LogP contribution is -2.13. The van der Waals surface area contributed by atoms with E-state index in [-0.39, 0.29) is 11.8 Å². The Bertz CT molecular complexity index is 999. The van der Waals surface area contributed by atoms with Crippen LogP contribution in [0, 0.1) is 11.3 Å². The first-order chi connectivity index (χ1) is 12.8. The molecular weight excluding hydrogens is 320 g/mol. The van der Waals surface area contributed by atoms with Crippen molar-refractivity contribution in [2.24, 2.45) is 0 Å². The van der Waals surface area contributed by atoms with E-state index in [1.807, 2.05) is 72.8 Å². The maximum absolute atomic E-state index is 9.93. The first-order valence-corrected chi connectivity index (χ1v) is 8.69. The number of hydrogen-bond acceptors (Lipinski definition) is 3. The molecule has 0 bridgehead atoms. The van der Waals surface area contributed by atoms with Gasteiger partial charge in [0.2, 0.25) is 0 Å². The van der Waals surface area contributed by atoms with Crippen LogP contribution in [0.2, 0.25) is 0 Å². The minimum Gasteiger partial charge on any atom is -0.441 e. The second-order valence-electron chi connectivity index (χ2n) is 6.31. The molecule has 0 aliphatic rings. The summed E-state index contributed by atoms with van der Waals surface area (Å²) in [7, 11) is 0. The first-order valence-electron chi connectivity index (χ1n) is 8.69. The number of nitriles is 1. The van der Waals surface area contributed by atoms with Gasteiger partial charge in [0.05, 0.1) is 12.0 Å². The first kappa shape index (κ1) is 16.1. The average Bonchev–Trinajstić information content (AvgIpc) is 3.12. The minimum atomic E-state index is -0.270. The van der Waals surface area contributed by atoms with Crippen LogP contribution in [0.1, 0.15) is 28.9 Å². The molecule has 3 heteroatoms. The van der Waals surface area contributed by atoms with Crippen molar-refractivity contribution in [2.45, 2.75) is 18.3 Å². The monoisotopic (exact) mass is 338 g/mol. The summed E-state index contributed by atoms with van der Waals surface area (Å²) in [6, 6.07) is 30.3. The van der Waals surface area contributed by atoms with E-state index >= 15 is 0 Å². The van der Waals surface area contributed by atoms with E-state index in [9.17, 15) is 5.26 Å². The zero-order valence-corrected chi connectivity index (χ0v) is 14.2. The summed E-state index contributed by atoms with van der Waals surface area (Å²) >= 11 is 0. The van der Waals surface area contributed by atoms with Crippen molar-refractivity contribution in [3.63, 3.8) is 0 Å². The van der Waals surface area contributed by atoms with Gasteiger partial charge >= 0.3 is 0 Å². The quantitative estimate of drug-likeness (QED) is 0.485. The van der Waals surface area contributed by atoms with Crippen molar-refractivity contribution in [3.8, 4) is 6.07 Å². The molecule has 0 N–H and O–H groups in total. The fourth-order valence-corrected chi connectivity index (χ4v) is 3.38. The lowest BCUT2D eigenvalue weighted by Gasteiger charge is -2.21. The molecule has 1 heterocycles. The summed E-state index contributed by atoms with van der Waals surface area (Å²) in [4.78, 5) is 4.61. The average molecular weight is 338 g/mol. The molecule has 126 valence electrons. The summed E-state index contributed by atoms with van der Waals surface area (Å²) in [6.45, 7) is 0. The maximum Gasteiger partial charge on any atom is 0.196 e. The topological polar surface area (TPSA) is 49.8 Å². The van der Waals surface area contributed by atoms with Crippen LogP contribution in [0.4, 0.5) is 0 Å². The number of benzene rings is 3. The van der Waals surface area contributed by atoms with Crippen molar-refractivity contribution < 1.29 is 4.42 Å². The van der Waals surface area contributed by atoms with Crippen molar-refractivity contribution in [1.29, 1.82) is 5.26 Å². The van der Waals surface area contributed by atoms with Gasteiger partial charge in [-0.15, -0.1) is 0 Å². The van der Waals surface area contributed by atoms with Gasteiger partial charge in [0.25, 0.3) is 0 Å². The SMILES string of the molecule is N#CC(c1ccccc1)C(Cc1nc2ccccc2o1)c1ccccc1. The molecule has 2 atom stereocenters. The Kier molecular flexibility index (Phi) is 4.49. The van der Waals surface area contributed by atoms with Crippen molar-refractivity contribution in [2.75, 3.05) is 0 Å². The molecule has 0 aliphatic carbocycles. The highest BCUT2D eigenvalue weighted by molar-refractivity contribution is 5.72. The maximum atomic E-state index is 9.93. The smallest absolute Gasteiger partial charge is 0.196 e. The van der Waals surface area contributed by atoms with Gasteiger partial charge in [0.15, 0.2) is 11.5 Å². The fourth-order valence-electron chi connectivity index (χ4n) is 3.38. The molecule has 0 amide bonds. The zero-order chi connectivity index (χ0) is 17.8. The van der Waals surface area contributed by atoms with Crippen LogP contribution in [0.3, 0.4) is 0 Å². The Morgan fingerprint density at radius 3 is 2.08 bits per heavy atom. The van der Waals surface area contributed by atoms with E-state index in [2.05, 4.69) is 23.2 Å². The van der Waals surface area contributed by atoms with Gasteiger partial charge in [0, 0.05) is 12.3 Å². The molecule has 0 radical (unpaired) electrons. The standard InChI is InChI=1S/C23H18N2O/c24-16-20(18-11-5-2-6-12-18)19(17-9-3-1-4-10-17)15-23-25-21-13-7-8-14-22(21)26-23/h1-14,19-20H,15H2. The lowest BCUT2D eigenvalue weighted by atomic mass is 9.80.